The van der Waals surface area contributed by atoms with Crippen molar-refractivity contribution in [3.63, 3.8) is 0 Å². The first-order chi connectivity index (χ1) is 49.7. The number of phosphoric ester groups is 2. The van der Waals surface area contributed by atoms with E-state index in [1.54, 1.807) is 6.08 Å². The SMILES string of the molecule is CC/C=C\C/C=C\C/C=C\C/C=C\C/C=C\CCCC(=O)OCC(COP(=O)(O)OCC(O)COP(=O)(O)OCC(COC(=O)C/C=C\C/C=C\C/C=C\C/C=C\C/C=C\CC)OC(=O)CCCCCCC/C=C\C/C=C\CCCCC)OC(=O)CCCC/C=C\C/C=C\C/C=C\C/C=C\CC. The number of carbonyl (C=O) groups is 4. The molecule has 0 aromatic carbocycles. The van der Waals surface area contributed by atoms with Gasteiger partial charge in [0, 0.05) is 19.3 Å². The Balaban J connectivity index is 5.55. The van der Waals surface area contributed by atoms with E-state index < -0.39 is 97.5 Å². The molecule has 5 unspecified atom stereocenters. The summed E-state index contributed by atoms with van der Waals surface area (Å²) in [5.74, 6) is -2.48. The molecule has 3 N–H and O–H groups in total. The second-order valence-electron chi connectivity index (χ2n) is 24.1. The van der Waals surface area contributed by atoms with Crippen LogP contribution >= 0.6 is 15.6 Å². The van der Waals surface area contributed by atoms with E-state index in [2.05, 4.69) is 180 Å². The molecular formula is C83H130O17P2. The molecule has 0 aromatic rings. The Morgan fingerprint density at radius 3 is 0.922 bits per heavy atom. The number of phosphoric acid groups is 2. The zero-order valence-corrected chi connectivity index (χ0v) is 64.2. The highest BCUT2D eigenvalue weighted by atomic mass is 31.2. The quantitative estimate of drug-likeness (QED) is 0.0169. The van der Waals surface area contributed by atoms with E-state index in [-0.39, 0.29) is 25.7 Å². The van der Waals surface area contributed by atoms with Gasteiger partial charge in [-0.05, 0) is 161 Å². The monoisotopic (exact) mass is 1460 g/mol. The summed E-state index contributed by atoms with van der Waals surface area (Å²) in [6, 6.07) is 0. The number of esters is 4. The Hall–Kier alpha value is -6.10. The Kier molecular flexibility index (Phi) is 68.8. The van der Waals surface area contributed by atoms with E-state index >= 15 is 0 Å². The standard InChI is InChI=1S/C83H130O17P2/c1-5-9-13-17-21-25-29-33-37-38-42-44-48-52-56-60-64-68-81(86)94-74-79(100-83(88)70-66-62-58-54-50-46-41-36-32-28-24-20-16-12-8-4)76-98-102(91,92)96-72-77(84)71-95-101(89,90)97-75-78(99-82(87)69-65-61-57-53-49-45-40-35-31-27-23-19-15-11-7-3)73-93-80(85)67-63-59-55-51-47-43-39-34-30-26-22-18-14-10-6-2/h9-10,12-14,16,21-28,33-37,39-42,44,47,50-52,54,56,59,63,77-79,84H,5-8,11,15,17-20,29-32,38,43,45-46,48-49,53,55,57-58,60-62,64-76H2,1-4H3,(H,89,90)(H,91,92)/b13-9-,14-10-,16-12-,25-21-,26-22-,27-23-,28-24-,37-33-,39-34-,40-35-,41-36-,44-42-,51-47-,54-50-,56-52-,63-59-. The number of aliphatic hydroxyl groups is 1. The topological polar surface area (TPSA) is 237 Å². The summed E-state index contributed by atoms with van der Waals surface area (Å²) in [7, 11) is -10.0. The van der Waals surface area contributed by atoms with E-state index in [4.69, 9.17) is 37.0 Å². The number of rotatable bonds is 68. The van der Waals surface area contributed by atoms with E-state index in [1.807, 2.05) is 36.5 Å². The van der Waals surface area contributed by atoms with Crippen LogP contribution in [-0.4, -0.2) is 96.7 Å². The van der Waals surface area contributed by atoms with Crippen molar-refractivity contribution in [2.75, 3.05) is 39.6 Å². The van der Waals surface area contributed by atoms with Crippen LogP contribution in [0.4, 0.5) is 0 Å². The minimum absolute atomic E-state index is 0.0196. The molecule has 0 rings (SSSR count). The number of allylic oxidation sites excluding steroid dienone is 31. The van der Waals surface area contributed by atoms with Crippen molar-refractivity contribution in [2.24, 2.45) is 0 Å². The van der Waals surface area contributed by atoms with Crippen molar-refractivity contribution in [3.05, 3.63) is 194 Å². The van der Waals surface area contributed by atoms with Gasteiger partial charge in [0.15, 0.2) is 12.2 Å². The second kappa shape index (κ2) is 73.2. The second-order valence-corrected chi connectivity index (χ2v) is 27.0. The van der Waals surface area contributed by atoms with Gasteiger partial charge in [0.1, 0.15) is 19.3 Å². The van der Waals surface area contributed by atoms with E-state index in [1.165, 1.54) is 19.3 Å². The summed E-state index contributed by atoms with van der Waals surface area (Å²) in [5, 5.41) is 10.6. The highest BCUT2D eigenvalue weighted by molar-refractivity contribution is 7.47. The highest BCUT2D eigenvalue weighted by Crippen LogP contribution is 2.45. The smallest absolute Gasteiger partial charge is 0.462 e. The number of ether oxygens (including phenoxy) is 4. The molecule has 19 heteroatoms. The van der Waals surface area contributed by atoms with Gasteiger partial charge in [0.05, 0.1) is 32.8 Å². The van der Waals surface area contributed by atoms with Crippen LogP contribution in [0.1, 0.15) is 246 Å². The zero-order valence-electron chi connectivity index (χ0n) is 62.4. The predicted octanol–water partition coefficient (Wildman–Crippen LogP) is 21.8. The summed E-state index contributed by atoms with van der Waals surface area (Å²) in [6.07, 6.45) is 89.0. The van der Waals surface area contributed by atoms with E-state index in [0.717, 1.165) is 135 Å². The van der Waals surface area contributed by atoms with Gasteiger partial charge in [-0.3, -0.25) is 37.3 Å². The summed E-state index contributed by atoms with van der Waals surface area (Å²) >= 11 is 0. The summed E-state index contributed by atoms with van der Waals surface area (Å²) in [5.41, 5.74) is 0. The predicted molar refractivity (Wildman–Crippen MR) is 417 cm³/mol. The third-order valence-electron chi connectivity index (χ3n) is 14.6. The average molecular weight is 1460 g/mol. The van der Waals surface area contributed by atoms with E-state index in [9.17, 15) is 43.2 Å². The molecule has 5 atom stereocenters. The van der Waals surface area contributed by atoms with E-state index in [0.29, 0.717) is 38.5 Å². The van der Waals surface area contributed by atoms with Gasteiger partial charge in [-0.15, -0.1) is 0 Å². The van der Waals surface area contributed by atoms with Gasteiger partial charge in [-0.25, -0.2) is 9.13 Å². The molecule has 0 aromatic heterocycles. The first-order valence-corrected chi connectivity index (χ1v) is 40.7. The molecule has 0 aliphatic rings. The third-order valence-corrected chi connectivity index (χ3v) is 16.5. The van der Waals surface area contributed by atoms with Crippen molar-refractivity contribution in [2.45, 2.75) is 264 Å². The fourth-order valence-electron chi connectivity index (χ4n) is 8.94. The number of hydrogen-bond donors (Lipinski definition) is 3. The van der Waals surface area contributed by atoms with Gasteiger partial charge < -0.3 is 33.8 Å². The van der Waals surface area contributed by atoms with Crippen LogP contribution in [-0.2, 0) is 65.4 Å². The van der Waals surface area contributed by atoms with Gasteiger partial charge >= 0.3 is 39.5 Å². The first kappa shape index (κ1) is 95.9. The Labute approximate surface area is 615 Å². The van der Waals surface area contributed by atoms with Gasteiger partial charge in [0.2, 0.25) is 0 Å². The van der Waals surface area contributed by atoms with Crippen LogP contribution in [0.5, 0.6) is 0 Å². The highest BCUT2D eigenvalue weighted by Gasteiger charge is 2.30. The lowest BCUT2D eigenvalue weighted by atomic mass is 10.1. The first-order valence-electron chi connectivity index (χ1n) is 37.7. The Bertz CT molecular complexity index is 2700. The normalized spacial score (nSPS) is 15.0. The fraction of sp³-hybridized carbons (Fsp3) is 0.566. The molecular weight excluding hydrogens is 1330 g/mol. The van der Waals surface area contributed by atoms with Crippen molar-refractivity contribution in [3.8, 4) is 0 Å². The largest absolute Gasteiger partial charge is 0.472 e. The molecule has 0 heterocycles. The van der Waals surface area contributed by atoms with Crippen molar-refractivity contribution in [1.29, 1.82) is 0 Å². The number of carbonyl (C=O) groups excluding carboxylic acids is 4. The molecule has 0 radical (unpaired) electrons. The Morgan fingerprint density at radius 1 is 0.294 bits per heavy atom. The molecule has 17 nitrogen and oxygen atoms in total. The Morgan fingerprint density at radius 2 is 0.559 bits per heavy atom. The zero-order chi connectivity index (χ0) is 74.6. The lowest BCUT2D eigenvalue weighted by Crippen LogP contribution is -2.30. The molecule has 0 aliphatic carbocycles. The van der Waals surface area contributed by atoms with Gasteiger partial charge in [-0.1, -0.05) is 254 Å². The van der Waals surface area contributed by atoms with Crippen LogP contribution in [0.25, 0.3) is 0 Å². The number of aliphatic hydroxyl groups excluding tert-OH is 1. The van der Waals surface area contributed by atoms with Gasteiger partial charge in [-0.2, -0.15) is 0 Å². The van der Waals surface area contributed by atoms with Crippen LogP contribution in [0.3, 0.4) is 0 Å². The lowest BCUT2D eigenvalue weighted by molar-refractivity contribution is -0.161. The molecule has 574 valence electrons. The maximum atomic E-state index is 13.1. The maximum absolute atomic E-state index is 13.1. The molecule has 102 heavy (non-hydrogen) atoms. The molecule has 0 aliphatic heterocycles. The molecule has 0 saturated carbocycles. The minimum Gasteiger partial charge on any atom is -0.462 e. The van der Waals surface area contributed by atoms with Crippen LogP contribution in [0, 0.1) is 0 Å². The van der Waals surface area contributed by atoms with Crippen LogP contribution in [0.2, 0.25) is 0 Å². The van der Waals surface area contributed by atoms with Gasteiger partial charge in [0.25, 0.3) is 0 Å². The average Bonchev–Trinajstić information content (AvgIpc) is 0.923. The third kappa shape index (κ3) is 72.3. The van der Waals surface area contributed by atoms with Crippen molar-refractivity contribution < 1.29 is 80.2 Å². The fourth-order valence-corrected chi connectivity index (χ4v) is 10.5. The van der Waals surface area contributed by atoms with Crippen LogP contribution < -0.4 is 0 Å². The lowest BCUT2D eigenvalue weighted by Gasteiger charge is -2.21. The summed E-state index contributed by atoms with van der Waals surface area (Å²) in [4.78, 5) is 72.8. The molecule has 0 bridgehead atoms. The summed E-state index contributed by atoms with van der Waals surface area (Å²) < 4.78 is 68.2. The molecule has 0 amide bonds. The van der Waals surface area contributed by atoms with Crippen molar-refractivity contribution >= 4 is 39.5 Å². The maximum Gasteiger partial charge on any atom is 0.472 e. The van der Waals surface area contributed by atoms with Crippen LogP contribution in [0.15, 0.2) is 194 Å². The molecule has 0 fully saturated rings. The summed E-state index contributed by atoms with van der Waals surface area (Å²) in [6.45, 7) is 4.21. The van der Waals surface area contributed by atoms with Crippen molar-refractivity contribution in [1.82, 2.24) is 0 Å². The number of unbranched alkanes of at least 4 members (excludes halogenated alkanes) is 11. The molecule has 0 saturated heterocycles. The number of hydrogen-bond acceptors (Lipinski definition) is 15. The molecule has 0 spiro atoms. The minimum atomic E-state index is -5.02.